The van der Waals surface area contributed by atoms with Gasteiger partial charge in [0.1, 0.15) is 0 Å². The Bertz CT molecular complexity index is 789. The Kier molecular flexibility index (Phi) is 4.83. The van der Waals surface area contributed by atoms with E-state index in [9.17, 15) is 14.9 Å². The monoisotopic (exact) mass is 440 g/mol. The Morgan fingerprint density at radius 2 is 2.21 bits per heavy atom. The number of halogens is 1. The maximum absolute atomic E-state index is 12.8. The number of nitro benzene ring substituents is 1. The van der Waals surface area contributed by atoms with Gasteiger partial charge in [0.05, 0.1) is 17.2 Å². The van der Waals surface area contributed by atoms with Gasteiger partial charge in [-0.05, 0) is 54.0 Å². The molecule has 0 radical (unpaired) electrons. The summed E-state index contributed by atoms with van der Waals surface area (Å²) in [6, 6.07) is 4.65. The maximum atomic E-state index is 12.8. The van der Waals surface area contributed by atoms with Crippen molar-refractivity contribution in [2.45, 2.75) is 25.8 Å². The van der Waals surface area contributed by atoms with E-state index in [1.54, 1.807) is 11.0 Å². The first-order valence-electron chi connectivity index (χ1n) is 7.69. The molecule has 0 bridgehead atoms. The molecule has 24 heavy (non-hydrogen) atoms. The molecule has 2 aromatic rings. The van der Waals surface area contributed by atoms with Crippen molar-refractivity contribution < 1.29 is 9.72 Å². The predicted molar refractivity (Wildman–Crippen MR) is 97.0 cm³/mol. The first kappa shape index (κ1) is 16.9. The zero-order valence-corrected chi connectivity index (χ0v) is 15.3. The van der Waals surface area contributed by atoms with E-state index < -0.39 is 4.92 Å². The number of carbonyl (C=O) groups excluding carboxylic acids is 1. The quantitative estimate of drug-likeness (QED) is 0.417. The molecule has 8 heteroatoms. The largest absolute Gasteiger partial charge is 0.336 e. The summed E-state index contributed by atoms with van der Waals surface area (Å²) in [6.07, 6.45) is 5.65. The second-order valence-electron chi connectivity index (χ2n) is 6.00. The van der Waals surface area contributed by atoms with Gasteiger partial charge in [0.25, 0.3) is 11.6 Å². The van der Waals surface area contributed by atoms with Gasteiger partial charge < -0.3 is 4.90 Å². The van der Waals surface area contributed by atoms with Crippen molar-refractivity contribution in [3.05, 3.63) is 55.4 Å². The summed E-state index contributed by atoms with van der Waals surface area (Å²) in [5, 5.41) is 15.4. The standard InChI is InChI=1S/C16H17IN4O3/c1-11-8-18-20(9-11)14-3-2-4-19(10-14)16(22)12-5-13(17)7-15(6-12)21(23)24/h5-9,14H,2-4,10H2,1H3/t14-/m0/s1. The van der Waals surface area contributed by atoms with Crippen molar-refractivity contribution >= 4 is 34.2 Å². The molecule has 1 atom stereocenters. The van der Waals surface area contributed by atoms with Gasteiger partial charge in [-0.3, -0.25) is 19.6 Å². The van der Waals surface area contributed by atoms with Gasteiger partial charge in [-0.15, -0.1) is 0 Å². The molecule has 0 unspecified atom stereocenters. The smallest absolute Gasteiger partial charge is 0.271 e. The maximum Gasteiger partial charge on any atom is 0.271 e. The lowest BCUT2D eigenvalue weighted by Crippen LogP contribution is -2.40. The number of aryl methyl sites for hydroxylation is 1. The molecule has 1 saturated heterocycles. The molecule has 1 amide bonds. The van der Waals surface area contributed by atoms with Crippen LogP contribution < -0.4 is 0 Å². The number of non-ortho nitro benzene ring substituents is 1. The zero-order valence-electron chi connectivity index (χ0n) is 13.2. The Balaban J connectivity index is 1.81. The molecule has 0 saturated carbocycles. The fourth-order valence-electron chi connectivity index (χ4n) is 2.97. The second kappa shape index (κ2) is 6.88. The number of aromatic nitrogens is 2. The molecule has 1 aliphatic rings. The van der Waals surface area contributed by atoms with E-state index in [-0.39, 0.29) is 17.6 Å². The molecule has 126 valence electrons. The minimum atomic E-state index is -0.468. The van der Waals surface area contributed by atoms with Crippen LogP contribution in [0.15, 0.2) is 30.6 Å². The van der Waals surface area contributed by atoms with Crippen LogP contribution in [0, 0.1) is 20.6 Å². The topological polar surface area (TPSA) is 81.3 Å². The minimum absolute atomic E-state index is 0.0542. The van der Waals surface area contributed by atoms with E-state index >= 15 is 0 Å². The number of nitrogens with zero attached hydrogens (tertiary/aromatic N) is 4. The third kappa shape index (κ3) is 3.58. The van der Waals surface area contributed by atoms with Gasteiger partial charge in [-0.2, -0.15) is 5.10 Å². The summed E-state index contributed by atoms with van der Waals surface area (Å²) >= 11 is 2.00. The molecule has 0 N–H and O–H groups in total. The highest BCUT2D eigenvalue weighted by Crippen LogP contribution is 2.25. The van der Waals surface area contributed by atoms with Gasteiger partial charge in [0.15, 0.2) is 0 Å². The van der Waals surface area contributed by atoms with Crippen LogP contribution in [-0.2, 0) is 0 Å². The average Bonchev–Trinajstić information content (AvgIpc) is 3.00. The summed E-state index contributed by atoms with van der Waals surface area (Å²) in [7, 11) is 0. The molecule has 1 fully saturated rings. The lowest BCUT2D eigenvalue weighted by atomic mass is 10.0. The molecule has 7 nitrogen and oxygen atoms in total. The van der Waals surface area contributed by atoms with Crippen LogP contribution in [0.5, 0.6) is 0 Å². The number of rotatable bonds is 3. The van der Waals surface area contributed by atoms with Gasteiger partial charge in [-0.25, -0.2) is 0 Å². The Morgan fingerprint density at radius 3 is 2.88 bits per heavy atom. The van der Waals surface area contributed by atoms with E-state index in [2.05, 4.69) is 5.10 Å². The summed E-state index contributed by atoms with van der Waals surface area (Å²) in [5.74, 6) is -0.162. The first-order chi connectivity index (χ1) is 11.4. The van der Waals surface area contributed by atoms with Crippen molar-refractivity contribution in [3.8, 4) is 0 Å². The van der Waals surface area contributed by atoms with E-state index in [1.807, 2.05) is 46.6 Å². The second-order valence-corrected chi connectivity index (χ2v) is 7.25. The van der Waals surface area contributed by atoms with Crippen molar-refractivity contribution in [1.29, 1.82) is 0 Å². The van der Waals surface area contributed by atoms with Crippen LogP contribution in [-0.4, -0.2) is 38.6 Å². The van der Waals surface area contributed by atoms with Gasteiger partial charge >= 0.3 is 0 Å². The van der Waals surface area contributed by atoms with Gasteiger partial charge in [0.2, 0.25) is 0 Å². The molecule has 2 heterocycles. The van der Waals surface area contributed by atoms with Crippen LogP contribution in [0.2, 0.25) is 0 Å². The molecule has 0 aliphatic carbocycles. The van der Waals surface area contributed by atoms with Crippen LogP contribution in [0.25, 0.3) is 0 Å². The number of amides is 1. The summed E-state index contributed by atoms with van der Waals surface area (Å²) < 4.78 is 2.59. The fraction of sp³-hybridized carbons (Fsp3) is 0.375. The minimum Gasteiger partial charge on any atom is -0.336 e. The van der Waals surface area contributed by atoms with Crippen LogP contribution in [0.1, 0.15) is 34.8 Å². The SMILES string of the molecule is Cc1cnn([C@H]2CCCN(C(=O)c3cc(I)cc([N+](=O)[O-])c3)C2)c1. The third-order valence-electron chi connectivity index (χ3n) is 4.13. The highest BCUT2D eigenvalue weighted by Gasteiger charge is 2.27. The van der Waals surface area contributed by atoms with E-state index in [0.29, 0.717) is 22.2 Å². The highest BCUT2D eigenvalue weighted by atomic mass is 127. The predicted octanol–water partition coefficient (Wildman–Crippen LogP) is 3.18. The Hall–Kier alpha value is -1.97. The molecule has 1 aromatic carbocycles. The molecular weight excluding hydrogens is 423 g/mol. The normalized spacial score (nSPS) is 17.8. The highest BCUT2D eigenvalue weighted by molar-refractivity contribution is 14.1. The molecule has 3 rings (SSSR count). The zero-order chi connectivity index (χ0) is 17.3. The molecule has 1 aromatic heterocycles. The number of nitro groups is 1. The van der Waals surface area contributed by atoms with Crippen molar-refractivity contribution in [2.24, 2.45) is 0 Å². The lowest BCUT2D eigenvalue weighted by molar-refractivity contribution is -0.385. The van der Waals surface area contributed by atoms with E-state index in [0.717, 1.165) is 18.4 Å². The van der Waals surface area contributed by atoms with E-state index in [4.69, 9.17) is 0 Å². The van der Waals surface area contributed by atoms with Crippen LogP contribution in [0.4, 0.5) is 5.69 Å². The van der Waals surface area contributed by atoms with Crippen LogP contribution >= 0.6 is 22.6 Å². The number of carbonyl (C=O) groups is 1. The Morgan fingerprint density at radius 1 is 1.42 bits per heavy atom. The number of hydrogen-bond donors (Lipinski definition) is 0. The molecule has 0 spiro atoms. The van der Waals surface area contributed by atoms with Crippen LogP contribution in [0.3, 0.4) is 0 Å². The number of piperidine rings is 1. The summed E-state index contributed by atoms with van der Waals surface area (Å²) in [5.41, 5.74) is 1.40. The number of hydrogen-bond acceptors (Lipinski definition) is 4. The first-order valence-corrected chi connectivity index (χ1v) is 8.77. The van der Waals surface area contributed by atoms with Gasteiger partial charge in [-0.1, -0.05) is 0 Å². The van der Waals surface area contributed by atoms with Crippen molar-refractivity contribution in [2.75, 3.05) is 13.1 Å². The number of likely N-dealkylation sites (tertiary alicyclic amines) is 1. The number of benzene rings is 1. The van der Waals surface area contributed by atoms with E-state index in [1.165, 1.54) is 12.1 Å². The summed E-state index contributed by atoms with van der Waals surface area (Å²) in [4.78, 5) is 25.1. The average molecular weight is 440 g/mol. The lowest BCUT2D eigenvalue weighted by Gasteiger charge is -2.33. The van der Waals surface area contributed by atoms with Crippen molar-refractivity contribution in [1.82, 2.24) is 14.7 Å². The Labute approximate surface area is 152 Å². The fourth-order valence-corrected chi connectivity index (χ4v) is 3.63. The van der Waals surface area contributed by atoms with Crippen molar-refractivity contribution in [3.63, 3.8) is 0 Å². The molecule has 1 aliphatic heterocycles. The van der Waals surface area contributed by atoms with Gasteiger partial charge in [0, 0.05) is 40.6 Å². The molecular formula is C16H17IN4O3. The third-order valence-corrected chi connectivity index (χ3v) is 4.75. The summed E-state index contributed by atoms with van der Waals surface area (Å²) in [6.45, 7) is 3.22.